The summed E-state index contributed by atoms with van der Waals surface area (Å²) in [6.07, 6.45) is 17.9. The van der Waals surface area contributed by atoms with E-state index in [4.69, 9.17) is 28.9 Å². The molecule has 4 aromatic heterocycles. The standard InChI is InChI=1S/C27H35ClN4O4S2.C17H15ClN2O3S.C10H20N2O2S/c1-3-19-15-21(31-37(33,34)22-10-11-22)16-25(19)29-13-4-5-20-17-30-27-24(26(20)28)12-14-32(27)38(35,36)23-8-6-18(2)7-9-23;1-12-4-6-14(7-5-12)24(22,23)20-9-8-15-16(18)13(3-2-10-21)11-19-17(15)20;1-2-7-5-8(6-10(7)11)12-15(13,14)9-3-4-9/h6-9,12,14,17,19,21-22,25,29,31H,3-5,10-11,13,15-16H2,1-2H3;4-11H,2-3H2,1H3;7-10,12H,2-6,11H2,1H3/t19-,21+,25+;;7-,8+,10+/m1.1/s1. The third-order valence-corrected chi connectivity index (χ3v) is 23.4. The molecule has 0 radical (unpaired) electrons. The van der Waals surface area contributed by atoms with Crippen LogP contribution >= 0.6 is 23.2 Å². The van der Waals surface area contributed by atoms with Crippen molar-refractivity contribution in [3.63, 3.8) is 0 Å². The fourth-order valence-electron chi connectivity index (χ4n) is 10.4. The van der Waals surface area contributed by atoms with Crippen LogP contribution in [0.5, 0.6) is 0 Å². The molecule has 5 N–H and O–H groups in total. The molecule has 0 bridgehead atoms. The average molecular weight is 1170 g/mol. The molecule has 0 spiro atoms. The Morgan fingerprint density at radius 2 is 1.06 bits per heavy atom. The predicted octanol–water partition coefficient (Wildman–Crippen LogP) is 8.35. The zero-order chi connectivity index (χ0) is 55.5. The molecule has 4 aliphatic rings. The molecule has 2 aromatic carbocycles. The van der Waals surface area contributed by atoms with Crippen molar-refractivity contribution in [1.82, 2.24) is 32.7 Å². The Hall–Kier alpha value is -4.29. The highest BCUT2D eigenvalue weighted by Gasteiger charge is 2.41. The van der Waals surface area contributed by atoms with Crippen molar-refractivity contribution in [2.75, 3.05) is 6.54 Å². The lowest BCUT2D eigenvalue weighted by Gasteiger charge is -2.19. The fraction of sp³-hybridized carbons (Fsp3) is 0.500. The van der Waals surface area contributed by atoms with Gasteiger partial charge in [0.2, 0.25) is 20.0 Å². The normalized spacial score (nSPS) is 21.9. The summed E-state index contributed by atoms with van der Waals surface area (Å²) in [4.78, 5) is 19.6. The Bertz CT molecular complexity index is 3520. The van der Waals surface area contributed by atoms with Crippen molar-refractivity contribution in [3.8, 4) is 0 Å². The fourth-order valence-corrected chi connectivity index (χ4v) is 16.8. The van der Waals surface area contributed by atoms with Crippen molar-refractivity contribution >= 4 is 91.6 Å². The van der Waals surface area contributed by atoms with E-state index in [1.807, 2.05) is 13.8 Å². The minimum absolute atomic E-state index is 0.00401. The summed E-state index contributed by atoms with van der Waals surface area (Å²) >= 11 is 13.0. The Labute approximate surface area is 463 Å². The monoisotopic (exact) mass is 1170 g/mol. The number of carbonyl (C=O) groups is 1. The number of rotatable bonds is 20. The Morgan fingerprint density at radius 1 is 0.623 bits per heavy atom. The van der Waals surface area contributed by atoms with E-state index in [0.717, 1.165) is 110 Å². The number of nitrogens with one attached hydrogen (secondary N) is 3. The van der Waals surface area contributed by atoms with Crippen molar-refractivity contribution in [3.05, 3.63) is 118 Å². The summed E-state index contributed by atoms with van der Waals surface area (Å²) in [7, 11) is -13.7. The van der Waals surface area contributed by atoms with Crippen LogP contribution < -0.4 is 20.5 Å². The maximum atomic E-state index is 13.2. The molecule has 17 nitrogen and oxygen atoms in total. The minimum Gasteiger partial charge on any atom is -0.327 e. The first-order valence-electron chi connectivity index (χ1n) is 26.5. The molecule has 10 rings (SSSR count). The number of hydrogen-bond donors (Lipinski definition) is 4. The second kappa shape index (κ2) is 24.6. The second-order valence-electron chi connectivity index (χ2n) is 21.0. The van der Waals surface area contributed by atoms with Gasteiger partial charge < -0.3 is 15.8 Å². The molecule has 0 amide bonds. The number of fused-ring (bicyclic) bond motifs is 2. The molecular formula is C54H70Cl2N8O9S4. The van der Waals surface area contributed by atoms with Gasteiger partial charge in [0.05, 0.1) is 30.3 Å². The molecule has 0 unspecified atom stereocenters. The Morgan fingerprint density at radius 3 is 1.49 bits per heavy atom. The SMILES string of the molecule is CC[C@@H]1C[C@H](NS(=O)(=O)C2CC2)C[C@@H]1N.CC[C@@H]1C[C@H](NS(=O)(=O)C2CC2)C[C@@H]1NCCCc1cnc2c(ccn2S(=O)(=O)c2ccc(C)cc2)c1Cl.Cc1ccc(S(=O)(=O)n2ccc3c(Cl)c(CCC=O)cnc32)cc1. The quantitative estimate of drug-likeness (QED) is 0.0415. The molecule has 0 aliphatic heterocycles. The van der Waals surface area contributed by atoms with Gasteiger partial charge in [-0.2, -0.15) is 0 Å². The van der Waals surface area contributed by atoms with E-state index in [1.54, 1.807) is 66.9 Å². The van der Waals surface area contributed by atoms with Crippen LogP contribution in [0.3, 0.4) is 0 Å². The van der Waals surface area contributed by atoms with Crippen molar-refractivity contribution in [2.24, 2.45) is 17.6 Å². The number of aryl methyl sites for hydroxylation is 4. The van der Waals surface area contributed by atoms with Crippen LogP contribution in [0.2, 0.25) is 10.0 Å². The van der Waals surface area contributed by atoms with E-state index in [1.165, 1.54) is 22.6 Å². The molecular weight excluding hydrogens is 1100 g/mol. The summed E-state index contributed by atoms with van der Waals surface area (Å²) in [5, 5.41) is 5.44. The molecule has 77 heavy (non-hydrogen) atoms. The lowest BCUT2D eigenvalue weighted by molar-refractivity contribution is -0.107. The first kappa shape index (κ1) is 58.8. The highest BCUT2D eigenvalue weighted by atomic mass is 35.5. The van der Waals surface area contributed by atoms with Crippen LogP contribution in [0, 0.1) is 25.7 Å². The van der Waals surface area contributed by atoms with Crippen LogP contribution in [-0.2, 0) is 57.7 Å². The van der Waals surface area contributed by atoms with Gasteiger partial charge >= 0.3 is 0 Å². The van der Waals surface area contributed by atoms with Crippen LogP contribution in [0.4, 0.5) is 0 Å². The molecule has 0 saturated heterocycles. The molecule has 4 heterocycles. The van der Waals surface area contributed by atoms with E-state index in [0.29, 0.717) is 57.6 Å². The molecule has 418 valence electrons. The highest BCUT2D eigenvalue weighted by Crippen LogP contribution is 2.35. The van der Waals surface area contributed by atoms with E-state index < -0.39 is 40.1 Å². The number of carbonyl (C=O) groups excluding carboxylic acids is 1. The predicted molar refractivity (Wildman–Crippen MR) is 303 cm³/mol. The third kappa shape index (κ3) is 13.8. The van der Waals surface area contributed by atoms with E-state index in [9.17, 15) is 38.5 Å². The second-order valence-corrected chi connectivity index (χ2v) is 29.3. The topological polar surface area (TPSA) is 251 Å². The van der Waals surface area contributed by atoms with Gasteiger partial charge in [0.15, 0.2) is 11.3 Å². The van der Waals surface area contributed by atoms with Crippen molar-refractivity contribution in [1.29, 1.82) is 0 Å². The first-order valence-corrected chi connectivity index (χ1v) is 33.2. The minimum atomic E-state index is -3.78. The Kier molecular flexibility index (Phi) is 18.8. The molecule has 6 atom stereocenters. The number of sulfonamides is 2. The van der Waals surface area contributed by atoms with E-state index >= 15 is 0 Å². The van der Waals surface area contributed by atoms with Crippen LogP contribution in [0.25, 0.3) is 22.1 Å². The highest BCUT2D eigenvalue weighted by molar-refractivity contribution is 7.91. The molecule has 4 fully saturated rings. The van der Waals surface area contributed by atoms with Crippen LogP contribution in [0.1, 0.15) is 113 Å². The maximum Gasteiger partial charge on any atom is 0.269 e. The van der Waals surface area contributed by atoms with Gasteiger partial charge in [-0.3, -0.25) is 0 Å². The Balaban J connectivity index is 0.000000170. The van der Waals surface area contributed by atoms with Crippen LogP contribution in [0.15, 0.2) is 95.2 Å². The first-order chi connectivity index (χ1) is 36.6. The van der Waals surface area contributed by atoms with E-state index in [-0.39, 0.29) is 50.1 Å². The summed E-state index contributed by atoms with van der Waals surface area (Å²) in [6, 6.07) is 17.2. The summed E-state index contributed by atoms with van der Waals surface area (Å²) in [5.41, 5.74) is 10.1. The number of aromatic nitrogens is 4. The molecule has 23 heteroatoms. The maximum absolute atomic E-state index is 13.2. The lowest BCUT2D eigenvalue weighted by atomic mass is 10.0. The summed E-state index contributed by atoms with van der Waals surface area (Å²) < 4.78 is 108. The van der Waals surface area contributed by atoms with Crippen molar-refractivity contribution in [2.45, 2.75) is 162 Å². The average Bonchev–Trinajstić information content (AvgIpc) is 4.33. The number of benzene rings is 2. The van der Waals surface area contributed by atoms with Gasteiger partial charge in [0.1, 0.15) is 6.29 Å². The van der Waals surface area contributed by atoms with Gasteiger partial charge in [-0.1, -0.05) is 85.3 Å². The molecule has 4 aliphatic carbocycles. The van der Waals surface area contributed by atoms with Crippen LogP contribution in [-0.4, -0.2) is 99.1 Å². The number of hydrogen-bond acceptors (Lipinski definition) is 13. The van der Waals surface area contributed by atoms with Gasteiger partial charge in [-0.25, -0.2) is 61.0 Å². The zero-order valence-electron chi connectivity index (χ0n) is 43.8. The van der Waals surface area contributed by atoms with E-state index in [2.05, 4.69) is 38.6 Å². The smallest absolute Gasteiger partial charge is 0.269 e. The van der Waals surface area contributed by atoms with Gasteiger partial charge in [-0.05, 0) is 150 Å². The number of pyridine rings is 2. The summed E-state index contributed by atoms with van der Waals surface area (Å²) in [5.74, 6) is 0.927. The van der Waals surface area contributed by atoms with Gasteiger partial charge in [0.25, 0.3) is 20.0 Å². The molecule has 4 saturated carbocycles. The van der Waals surface area contributed by atoms with Gasteiger partial charge in [-0.15, -0.1) is 0 Å². The third-order valence-electron chi connectivity index (χ3n) is 15.2. The largest absolute Gasteiger partial charge is 0.327 e. The zero-order valence-corrected chi connectivity index (χ0v) is 48.6. The summed E-state index contributed by atoms with van der Waals surface area (Å²) in [6.45, 7) is 8.85. The number of halogens is 2. The number of nitrogens with zero attached hydrogens (tertiary/aromatic N) is 4. The number of nitrogens with two attached hydrogens (primary N) is 1. The lowest BCUT2D eigenvalue weighted by Crippen LogP contribution is -2.37. The molecule has 6 aromatic rings. The van der Waals surface area contributed by atoms with Gasteiger partial charge in [0, 0.05) is 66.1 Å². The van der Waals surface area contributed by atoms with Crippen molar-refractivity contribution < 1.29 is 38.5 Å². The number of aldehydes is 1.